The Labute approximate surface area is 108 Å². The van der Waals surface area contributed by atoms with E-state index in [9.17, 15) is 4.79 Å². The Morgan fingerprint density at radius 1 is 1.11 bits per heavy atom. The Hall–Kier alpha value is -2.90. The number of carbonyl (C=O) groups is 1. The third-order valence-corrected chi connectivity index (χ3v) is 2.23. The fourth-order valence-electron chi connectivity index (χ4n) is 1.46. The van der Waals surface area contributed by atoms with Crippen LogP contribution in [0, 0.1) is 0 Å². The van der Waals surface area contributed by atoms with E-state index in [4.69, 9.17) is 21.9 Å². The smallest absolute Gasteiger partial charge is 0.252 e. The number of primary amides is 1. The Morgan fingerprint density at radius 2 is 1.74 bits per heavy atom. The normalized spacial score (nSPS) is 10.1. The number of anilines is 2. The van der Waals surface area contributed by atoms with Crippen LogP contribution in [-0.2, 0) is 6.61 Å². The first-order valence-electron chi connectivity index (χ1n) is 5.34. The number of hydrogen-bond donors (Lipinski definition) is 3. The first kappa shape index (κ1) is 12.6. The topological polar surface area (TPSA) is 143 Å². The molecule has 0 saturated carbocycles. The minimum Gasteiger partial charge on any atom is -0.485 e. The molecule has 2 rings (SSSR count). The molecule has 0 radical (unpaired) electrons. The molecule has 8 nitrogen and oxygen atoms in total. The van der Waals surface area contributed by atoms with Crippen LogP contribution >= 0.6 is 0 Å². The summed E-state index contributed by atoms with van der Waals surface area (Å²) in [5, 5.41) is 0. The second-order valence-electron chi connectivity index (χ2n) is 3.62. The summed E-state index contributed by atoms with van der Waals surface area (Å²) >= 11 is 0. The summed E-state index contributed by atoms with van der Waals surface area (Å²) in [6.45, 7) is 0.00120. The number of benzene rings is 1. The van der Waals surface area contributed by atoms with Crippen molar-refractivity contribution in [3.8, 4) is 5.75 Å². The highest BCUT2D eigenvalue weighted by atomic mass is 16.5. The quantitative estimate of drug-likeness (QED) is 0.685. The van der Waals surface area contributed by atoms with Crippen LogP contribution in [0.4, 0.5) is 11.9 Å². The number of nitrogen functional groups attached to an aromatic ring is 2. The van der Waals surface area contributed by atoms with Crippen molar-refractivity contribution in [2.75, 3.05) is 11.5 Å². The first-order chi connectivity index (χ1) is 9.06. The molecule has 0 atom stereocenters. The van der Waals surface area contributed by atoms with Gasteiger partial charge in [-0.05, 0) is 12.1 Å². The highest BCUT2D eigenvalue weighted by Crippen LogP contribution is 2.18. The summed E-state index contributed by atoms with van der Waals surface area (Å²) in [5.74, 6) is 0.0469. The van der Waals surface area contributed by atoms with Gasteiger partial charge in [0.2, 0.25) is 11.9 Å². The largest absolute Gasteiger partial charge is 0.485 e. The van der Waals surface area contributed by atoms with Gasteiger partial charge in [-0.2, -0.15) is 15.0 Å². The Balaban J connectivity index is 2.16. The van der Waals surface area contributed by atoms with Crippen LogP contribution in [0.5, 0.6) is 5.75 Å². The lowest BCUT2D eigenvalue weighted by atomic mass is 10.2. The average molecular weight is 260 g/mol. The molecule has 2 aromatic rings. The summed E-state index contributed by atoms with van der Waals surface area (Å²) in [6.07, 6.45) is 0. The van der Waals surface area contributed by atoms with Crippen LogP contribution in [0.25, 0.3) is 0 Å². The van der Waals surface area contributed by atoms with Crippen LogP contribution in [0.3, 0.4) is 0 Å². The minimum absolute atomic E-state index is 0.00120. The van der Waals surface area contributed by atoms with E-state index in [1.807, 2.05) is 0 Å². The summed E-state index contributed by atoms with van der Waals surface area (Å²) in [7, 11) is 0. The third-order valence-electron chi connectivity index (χ3n) is 2.23. The van der Waals surface area contributed by atoms with E-state index in [1.54, 1.807) is 24.3 Å². The summed E-state index contributed by atoms with van der Waals surface area (Å²) in [6, 6.07) is 6.59. The molecule has 6 N–H and O–H groups in total. The molecular weight excluding hydrogens is 248 g/mol. The molecule has 0 aliphatic rings. The molecule has 1 aromatic heterocycles. The van der Waals surface area contributed by atoms with Gasteiger partial charge < -0.3 is 21.9 Å². The van der Waals surface area contributed by atoms with E-state index >= 15 is 0 Å². The molecule has 0 aliphatic carbocycles. The second kappa shape index (κ2) is 5.17. The van der Waals surface area contributed by atoms with Gasteiger partial charge in [-0.15, -0.1) is 0 Å². The van der Waals surface area contributed by atoms with Gasteiger partial charge in [0.25, 0.3) is 5.91 Å². The Bertz CT molecular complexity index is 596. The van der Waals surface area contributed by atoms with Crippen LogP contribution < -0.4 is 21.9 Å². The summed E-state index contributed by atoms with van der Waals surface area (Å²) < 4.78 is 5.43. The molecule has 0 bridgehead atoms. The molecule has 0 unspecified atom stereocenters. The predicted octanol–water partition coefficient (Wildman–Crippen LogP) is -0.286. The maximum absolute atomic E-state index is 11.2. The molecule has 0 spiro atoms. The average Bonchev–Trinajstić information content (AvgIpc) is 2.35. The standard InChI is InChI=1S/C11H12N6O2/c12-9(18)6-3-1-2-4-7(6)19-5-8-15-10(13)17-11(14)16-8/h1-4H,5H2,(H2,12,18)(H4,13,14,15,16,17). The molecule has 98 valence electrons. The number of hydrogen-bond acceptors (Lipinski definition) is 7. The van der Waals surface area contributed by atoms with E-state index < -0.39 is 5.91 Å². The van der Waals surface area contributed by atoms with Crippen molar-refractivity contribution in [1.29, 1.82) is 0 Å². The van der Waals surface area contributed by atoms with Crippen molar-refractivity contribution in [3.63, 3.8) is 0 Å². The lowest BCUT2D eigenvalue weighted by Crippen LogP contribution is -2.14. The van der Waals surface area contributed by atoms with Gasteiger partial charge in [-0.25, -0.2) is 0 Å². The predicted molar refractivity (Wildman–Crippen MR) is 67.9 cm³/mol. The van der Waals surface area contributed by atoms with E-state index in [2.05, 4.69) is 15.0 Å². The van der Waals surface area contributed by atoms with E-state index in [1.165, 1.54) is 0 Å². The van der Waals surface area contributed by atoms with Crippen LogP contribution in [-0.4, -0.2) is 20.9 Å². The van der Waals surface area contributed by atoms with Gasteiger partial charge in [0, 0.05) is 0 Å². The number of amides is 1. The Kier molecular flexibility index (Phi) is 3.42. The van der Waals surface area contributed by atoms with Crippen molar-refractivity contribution >= 4 is 17.8 Å². The molecule has 1 aromatic carbocycles. The second-order valence-corrected chi connectivity index (χ2v) is 3.62. The number of nitrogens with zero attached hydrogens (tertiary/aromatic N) is 3. The first-order valence-corrected chi connectivity index (χ1v) is 5.34. The number of ether oxygens (including phenoxy) is 1. The van der Waals surface area contributed by atoms with Gasteiger partial charge in [0.1, 0.15) is 12.4 Å². The lowest BCUT2D eigenvalue weighted by Gasteiger charge is -2.08. The maximum atomic E-state index is 11.2. The van der Waals surface area contributed by atoms with E-state index in [0.717, 1.165) is 0 Å². The molecule has 0 fully saturated rings. The zero-order valence-corrected chi connectivity index (χ0v) is 9.91. The van der Waals surface area contributed by atoms with Crippen LogP contribution in [0.15, 0.2) is 24.3 Å². The molecule has 19 heavy (non-hydrogen) atoms. The SMILES string of the molecule is NC(=O)c1ccccc1OCc1nc(N)nc(N)n1. The molecule has 1 heterocycles. The van der Waals surface area contributed by atoms with Gasteiger partial charge in [-0.3, -0.25) is 4.79 Å². The zero-order chi connectivity index (χ0) is 13.8. The van der Waals surface area contributed by atoms with Crippen molar-refractivity contribution in [1.82, 2.24) is 15.0 Å². The molecular formula is C11H12N6O2. The number of nitrogens with two attached hydrogens (primary N) is 3. The molecule has 0 aliphatic heterocycles. The van der Waals surface area contributed by atoms with Gasteiger partial charge in [0.05, 0.1) is 5.56 Å². The van der Waals surface area contributed by atoms with Crippen molar-refractivity contribution in [2.24, 2.45) is 5.73 Å². The van der Waals surface area contributed by atoms with Crippen molar-refractivity contribution in [2.45, 2.75) is 6.61 Å². The van der Waals surface area contributed by atoms with E-state index in [-0.39, 0.29) is 29.9 Å². The molecule has 1 amide bonds. The van der Waals surface area contributed by atoms with Crippen molar-refractivity contribution < 1.29 is 9.53 Å². The van der Waals surface area contributed by atoms with Crippen molar-refractivity contribution in [3.05, 3.63) is 35.7 Å². The highest BCUT2D eigenvalue weighted by molar-refractivity contribution is 5.95. The fourth-order valence-corrected chi connectivity index (χ4v) is 1.46. The fraction of sp³-hybridized carbons (Fsp3) is 0.0909. The van der Waals surface area contributed by atoms with Crippen LogP contribution in [0.1, 0.15) is 16.2 Å². The highest BCUT2D eigenvalue weighted by Gasteiger charge is 2.09. The Morgan fingerprint density at radius 3 is 2.37 bits per heavy atom. The molecule has 8 heteroatoms. The number of carbonyl (C=O) groups excluding carboxylic acids is 1. The number of rotatable bonds is 4. The van der Waals surface area contributed by atoms with Crippen LogP contribution in [0.2, 0.25) is 0 Å². The number of para-hydroxylation sites is 1. The molecule has 0 saturated heterocycles. The van der Waals surface area contributed by atoms with Gasteiger partial charge >= 0.3 is 0 Å². The number of aromatic nitrogens is 3. The maximum Gasteiger partial charge on any atom is 0.252 e. The third kappa shape index (κ3) is 3.06. The lowest BCUT2D eigenvalue weighted by molar-refractivity contribution is 0.0995. The minimum atomic E-state index is -0.578. The zero-order valence-electron chi connectivity index (χ0n) is 9.91. The monoisotopic (exact) mass is 260 g/mol. The van der Waals surface area contributed by atoms with Gasteiger partial charge in [0.15, 0.2) is 5.82 Å². The summed E-state index contributed by atoms with van der Waals surface area (Å²) in [5.41, 5.74) is 16.4. The van der Waals surface area contributed by atoms with Gasteiger partial charge in [-0.1, -0.05) is 12.1 Å². The summed E-state index contributed by atoms with van der Waals surface area (Å²) in [4.78, 5) is 22.6. The van der Waals surface area contributed by atoms with E-state index in [0.29, 0.717) is 5.75 Å².